The molecule has 7 heteroatoms. The maximum absolute atomic E-state index is 13.1. The van der Waals surface area contributed by atoms with Crippen molar-refractivity contribution in [2.45, 2.75) is 40.3 Å². The second-order valence-corrected chi connectivity index (χ2v) is 9.99. The Labute approximate surface area is 190 Å². The van der Waals surface area contributed by atoms with Gasteiger partial charge in [0.25, 0.3) is 0 Å². The zero-order valence-electron chi connectivity index (χ0n) is 19.5. The van der Waals surface area contributed by atoms with Gasteiger partial charge in [0, 0.05) is 63.8 Å². The maximum Gasteiger partial charge on any atom is 0.225 e. The molecule has 2 aliphatic heterocycles. The van der Waals surface area contributed by atoms with Gasteiger partial charge in [-0.2, -0.15) is 5.10 Å². The third kappa shape index (κ3) is 5.04. The van der Waals surface area contributed by atoms with Crippen LogP contribution in [0.15, 0.2) is 42.7 Å². The second kappa shape index (κ2) is 9.45. The fourth-order valence-corrected chi connectivity index (χ4v) is 4.99. The first-order valence-corrected chi connectivity index (χ1v) is 11.7. The van der Waals surface area contributed by atoms with Crippen molar-refractivity contribution in [2.75, 3.05) is 32.7 Å². The molecule has 32 heavy (non-hydrogen) atoms. The molecule has 2 aliphatic rings. The highest BCUT2D eigenvalue weighted by molar-refractivity contribution is 5.82. The van der Waals surface area contributed by atoms with Gasteiger partial charge in [0.15, 0.2) is 0 Å². The number of hydrogen-bond acceptors (Lipinski definition) is 4. The molecule has 1 atom stereocenters. The van der Waals surface area contributed by atoms with E-state index < -0.39 is 0 Å². The van der Waals surface area contributed by atoms with Crippen molar-refractivity contribution >= 4 is 11.8 Å². The Morgan fingerprint density at radius 3 is 2.59 bits per heavy atom. The Bertz CT molecular complexity index is 933. The smallest absolute Gasteiger partial charge is 0.225 e. The second-order valence-electron chi connectivity index (χ2n) is 9.99. The minimum absolute atomic E-state index is 0.0808. The van der Waals surface area contributed by atoms with Crippen LogP contribution in [0.25, 0.3) is 0 Å². The predicted molar refractivity (Wildman–Crippen MR) is 124 cm³/mol. The van der Waals surface area contributed by atoms with E-state index in [1.807, 2.05) is 35.0 Å². The highest BCUT2D eigenvalue weighted by Crippen LogP contribution is 2.44. The SMILES string of the molecule is Cc1cnn(CCC(=O)N2CC3(CN(Cc4ccccc4)CC3C(=O)NCC(C)C)C2)c1. The van der Waals surface area contributed by atoms with Crippen molar-refractivity contribution in [3.8, 4) is 0 Å². The lowest BCUT2D eigenvalue weighted by Gasteiger charge is -2.50. The van der Waals surface area contributed by atoms with Crippen LogP contribution in [0.2, 0.25) is 0 Å². The average Bonchev–Trinajstić information content (AvgIpc) is 3.33. The number of rotatable bonds is 8. The van der Waals surface area contributed by atoms with Crippen LogP contribution in [0.1, 0.15) is 31.4 Å². The summed E-state index contributed by atoms with van der Waals surface area (Å²) in [5.74, 6) is 0.616. The molecule has 1 aromatic heterocycles. The van der Waals surface area contributed by atoms with Crippen LogP contribution in [-0.4, -0.2) is 64.1 Å². The van der Waals surface area contributed by atoms with Gasteiger partial charge in [-0.3, -0.25) is 19.2 Å². The molecule has 0 radical (unpaired) electrons. The van der Waals surface area contributed by atoms with Crippen molar-refractivity contribution in [1.82, 2.24) is 24.9 Å². The molecule has 3 heterocycles. The molecule has 2 saturated heterocycles. The number of aromatic nitrogens is 2. The van der Waals surface area contributed by atoms with E-state index in [2.05, 4.69) is 53.4 Å². The topological polar surface area (TPSA) is 70.5 Å². The lowest BCUT2D eigenvalue weighted by atomic mass is 9.71. The van der Waals surface area contributed by atoms with Gasteiger partial charge >= 0.3 is 0 Å². The zero-order valence-corrected chi connectivity index (χ0v) is 19.5. The fraction of sp³-hybridized carbons (Fsp3) is 0.560. The molecular weight excluding hydrogens is 402 g/mol. The molecule has 1 unspecified atom stereocenters. The van der Waals surface area contributed by atoms with E-state index in [1.165, 1.54) is 5.56 Å². The quantitative estimate of drug-likeness (QED) is 0.688. The molecule has 0 bridgehead atoms. The van der Waals surface area contributed by atoms with E-state index in [9.17, 15) is 9.59 Å². The summed E-state index contributed by atoms with van der Waals surface area (Å²) in [5, 5.41) is 7.41. The summed E-state index contributed by atoms with van der Waals surface area (Å²) in [6.45, 7) is 11.2. The van der Waals surface area contributed by atoms with Gasteiger partial charge in [-0.1, -0.05) is 44.2 Å². The summed E-state index contributed by atoms with van der Waals surface area (Å²) in [4.78, 5) is 30.2. The normalized spacial score (nSPS) is 20.0. The summed E-state index contributed by atoms with van der Waals surface area (Å²) >= 11 is 0. The summed E-state index contributed by atoms with van der Waals surface area (Å²) in [5.41, 5.74) is 2.21. The molecule has 1 aromatic carbocycles. The number of carbonyl (C=O) groups excluding carboxylic acids is 2. The Kier molecular flexibility index (Phi) is 6.65. The number of amides is 2. The van der Waals surface area contributed by atoms with Crippen LogP contribution in [0, 0.1) is 24.2 Å². The van der Waals surface area contributed by atoms with Gasteiger partial charge in [0.1, 0.15) is 0 Å². The summed E-state index contributed by atoms with van der Waals surface area (Å²) in [6.07, 6.45) is 4.21. The van der Waals surface area contributed by atoms with E-state index in [1.54, 1.807) is 0 Å². The largest absolute Gasteiger partial charge is 0.356 e. The number of carbonyl (C=O) groups is 2. The summed E-state index contributed by atoms with van der Waals surface area (Å²) in [6, 6.07) is 10.4. The molecule has 2 aromatic rings. The Balaban J connectivity index is 1.38. The van der Waals surface area contributed by atoms with Crippen LogP contribution < -0.4 is 5.32 Å². The van der Waals surface area contributed by atoms with E-state index in [0.29, 0.717) is 38.5 Å². The van der Waals surface area contributed by atoms with Gasteiger partial charge in [-0.25, -0.2) is 0 Å². The first-order valence-electron chi connectivity index (χ1n) is 11.7. The molecule has 0 aliphatic carbocycles. The number of hydrogen-bond donors (Lipinski definition) is 1. The van der Waals surface area contributed by atoms with Crippen LogP contribution in [0.3, 0.4) is 0 Å². The van der Waals surface area contributed by atoms with Crippen LogP contribution in [0.5, 0.6) is 0 Å². The van der Waals surface area contributed by atoms with Crippen molar-refractivity contribution in [3.05, 3.63) is 53.9 Å². The van der Waals surface area contributed by atoms with Crippen molar-refractivity contribution < 1.29 is 9.59 Å². The monoisotopic (exact) mass is 437 g/mol. The molecule has 4 rings (SSSR count). The lowest BCUT2D eigenvalue weighted by molar-refractivity contribution is -0.150. The number of benzene rings is 1. The fourth-order valence-electron chi connectivity index (χ4n) is 4.99. The van der Waals surface area contributed by atoms with Crippen molar-refractivity contribution in [3.63, 3.8) is 0 Å². The zero-order chi connectivity index (χ0) is 22.7. The molecule has 1 N–H and O–H groups in total. The van der Waals surface area contributed by atoms with E-state index in [-0.39, 0.29) is 23.1 Å². The third-order valence-corrected chi connectivity index (χ3v) is 6.65. The first kappa shape index (κ1) is 22.5. The summed E-state index contributed by atoms with van der Waals surface area (Å²) < 4.78 is 1.82. The molecule has 172 valence electrons. The number of nitrogens with one attached hydrogen (secondary N) is 1. The van der Waals surface area contributed by atoms with Gasteiger partial charge < -0.3 is 10.2 Å². The van der Waals surface area contributed by atoms with Gasteiger partial charge in [-0.15, -0.1) is 0 Å². The molecule has 0 saturated carbocycles. The molecular formula is C25H35N5O2. The maximum atomic E-state index is 13.1. The number of nitrogens with zero attached hydrogens (tertiary/aromatic N) is 4. The first-order chi connectivity index (χ1) is 15.3. The Morgan fingerprint density at radius 1 is 1.19 bits per heavy atom. The Hall–Kier alpha value is -2.67. The van der Waals surface area contributed by atoms with Crippen molar-refractivity contribution in [2.24, 2.45) is 17.3 Å². The lowest BCUT2D eigenvalue weighted by Crippen LogP contribution is -2.64. The third-order valence-electron chi connectivity index (χ3n) is 6.65. The molecule has 2 amide bonds. The molecule has 1 spiro atoms. The average molecular weight is 438 g/mol. The highest BCUT2D eigenvalue weighted by atomic mass is 16.2. The van der Waals surface area contributed by atoms with E-state index in [4.69, 9.17) is 0 Å². The van der Waals surface area contributed by atoms with E-state index >= 15 is 0 Å². The van der Waals surface area contributed by atoms with E-state index in [0.717, 1.165) is 25.2 Å². The predicted octanol–water partition coefficient (Wildman–Crippen LogP) is 2.31. The summed E-state index contributed by atoms with van der Waals surface area (Å²) in [7, 11) is 0. The number of likely N-dealkylation sites (tertiary alicyclic amines) is 2. The standard InChI is InChI=1S/C25H35N5O2/c1-19(2)11-26-24(32)22-15-28(14-21-7-5-4-6-8-21)16-25(22)17-29(18-25)23(31)9-10-30-13-20(3)12-27-30/h4-8,12-13,19,22H,9-11,14-18H2,1-3H3,(H,26,32). The van der Waals surface area contributed by atoms with Gasteiger partial charge in [0.2, 0.25) is 11.8 Å². The Morgan fingerprint density at radius 2 is 1.94 bits per heavy atom. The molecule has 7 nitrogen and oxygen atoms in total. The van der Waals surface area contributed by atoms with Gasteiger partial charge in [-0.05, 0) is 24.0 Å². The number of aryl methyl sites for hydroxylation is 2. The minimum atomic E-state index is -0.145. The van der Waals surface area contributed by atoms with Gasteiger partial charge in [0.05, 0.1) is 12.1 Å². The van der Waals surface area contributed by atoms with Crippen molar-refractivity contribution in [1.29, 1.82) is 0 Å². The molecule has 2 fully saturated rings. The van der Waals surface area contributed by atoms with Crippen LogP contribution in [-0.2, 0) is 22.7 Å². The minimum Gasteiger partial charge on any atom is -0.356 e. The van der Waals surface area contributed by atoms with Crippen LogP contribution >= 0.6 is 0 Å². The highest BCUT2D eigenvalue weighted by Gasteiger charge is 2.57. The van der Waals surface area contributed by atoms with Crippen LogP contribution in [0.4, 0.5) is 0 Å².